The molecule has 0 radical (unpaired) electrons. The lowest BCUT2D eigenvalue weighted by atomic mass is 10.2. The number of hydrogen-bond donors (Lipinski definition) is 1. The predicted molar refractivity (Wildman–Crippen MR) is 77.6 cm³/mol. The summed E-state index contributed by atoms with van der Waals surface area (Å²) in [6.07, 6.45) is 1.95. The highest BCUT2D eigenvalue weighted by molar-refractivity contribution is 7.71. The SMILES string of the molecule is CC(C(=O)N1CCCC1)n1c(=S)[nH]c2ccc(F)c(F)c21. The highest BCUT2D eigenvalue weighted by atomic mass is 32.1. The van der Waals surface area contributed by atoms with Crippen molar-refractivity contribution in [1.29, 1.82) is 0 Å². The Morgan fingerprint density at radius 3 is 2.67 bits per heavy atom. The topological polar surface area (TPSA) is 41.0 Å². The Labute approximate surface area is 125 Å². The summed E-state index contributed by atoms with van der Waals surface area (Å²) in [5, 5.41) is 0. The molecular weight excluding hydrogens is 296 g/mol. The Morgan fingerprint density at radius 2 is 2.00 bits per heavy atom. The van der Waals surface area contributed by atoms with Gasteiger partial charge in [0.1, 0.15) is 11.6 Å². The van der Waals surface area contributed by atoms with Gasteiger partial charge in [-0.25, -0.2) is 8.78 Å². The first-order chi connectivity index (χ1) is 10.0. The van der Waals surface area contributed by atoms with Gasteiger partial charge in [0.05, 0.1) is 5.52 Å². The standard InChI is InChI=1S/C14H15F2N3OS/c1-8(13(20)18-6-2-3-7-18)19-12-10(17-14(19)21)5-4-9(15)11(12)16/h4-5,8H,2-3,6-7H2,1H3,(H,17,21). The minimum Gasteiger partial charge on any atom is -0.341 e. The number of benzene rings is 1. The Hall–Kier alpha value is -1.76. The van der Waals surface area contributed by atoms with E-state index in [-0.39, 0.29) is 16.2 Å². The van der Waals surface area contributed by atoms with Crippen LogP contribution >= 0.6 is 12.2 Å². The highest BCUT2D eigenvalue weighted by Gasteiger charge is 2.27. The van der Waals surface area contributed by atoms with Gasteiger partial charge in [-0.1, -0.05) is 0 Å². The molecule has 21 heavy (non-hydrogen) atoms. The second kappa shape index (κ2) is 5.22. The molecule has 1 aromatic carbocycles. The van der Waals surface area contributed by atoms with Gasteiger partial charge in [-0.3, -0.25) is 4.79 Å². The molecule has 0 bridgehead atoms. The number of likely N-dealkylation sites (tertiary alicyclic amines) is 1. The van der Waals surface area contributed by atoms with Crippen LogP contribution in [0, 0.1) is 16.4 Å². The normalized spacial score (nSPS) is 16.6. The number of aromatic nitrogens is 2. The lowest BCUT2D eigenvalue weighted by molar-refractivity contribution is -0.133. The van der Waals surface area contributed by atoms with Crippen molar-refractivity contribution >= 4 is 29.2 Å². The number of nitrogens with zero attached hydrogens (tertiary/aromatic N) is 2. The lowest BCUT2D eigenvalue weighted by Crippen LogP contribution is -2.34. The van der Waals surface area contributed by atoms with Gasteiger partial charge < -0.3 is 14.5 Å². The van der Waals surface area contributed by atoms with Crippen molar-refractivity contribution in [2.75, 3.05) is 13.1 Å². The second-order valence-corrected chi connectivity index (χ2v) is 5.65. The third kappa shape index (κ3) is 2.25. The van der Waals surface area contributed by atoms with Gasteiger partial charge in [0.15, 0.2) is 16.4 Å². The lowest BCUT2D eigenvalue weighted by Gasteiger charge is -2.21. The predicted octanol–water partition coefficient (Wildman–Crippen LogP) is 3.16. The van der Waals surface area contributed by atoms with Crippen molar-refractivity contribution in [1.82, 2.24) is 14.5 Å². The number of rotatable bonds is 2. The molecule has 4 nitrogen and oxygen atoms in total. The maximum atomic E-state index is 14.1. The third-order valence-electron chi connectivity index (χ3n) is 3.93. The van der Waals surface area contributed by atoms with Gasteiger partial charge in [0, 0.05) is 13.1 Å². The van der Waals surface area contributed by atoms with Crippen LogP contribution in [-0.4, -0.2) is 33.4 Å². The van der Waals surface area contributed by atoms with E-state index in [0.717, 1.165) is 18.9 Å². The first-order valence-corrected chi connectivity index (χ1v) is 7.28. The van der Waals surface area contributed by atoms with E-state index in [0.29, 0.717) is 18.6 Å². The molecule has 1 N–H and O–H groups in total. The van der Waals surface area contributed by atoms with Gasteiger partial charge in [-0.2, -0.15) is 0 Å². The van der Waals surface area contributed by atoms with Crippen molar-refractivity contribution < 1.29 is 13.6 Å². The fourth-order valence-electron chi connectivity index (χ4n) is 2.84. The maximum Gasteiger partial charge on any atom is 0.245 e. The molecule has 1 aliphatic rings. The monoisotopic (exact) mass is 311 g/mol. The molecule has 1 unspecified atom stereocenters. The number of nitrogens with one attached hydrogen (secondary N) is 1. The molecular formula is C14H15F2N3OS. The van der Waals surface area contributed by atoms with Gasteiger partial charge >= 0.3 is 0 Å². The highest BCUT2D eigenvalue weighted by Crippen LogP contribution is 2.25. The van der Waals surface area contributed by atoms with E-state index in [1.165, 1.54) is 10.6 Å². The quantitative estimate of drug-likeness (QED) is 0.866. The summed E-state index contributed by atoms with van der Waals surface area (Å²) in [6.45, 7) is 3.07. The minimum atomic E-state index is -0.985. The number of carbonyl (C=O) groups is 1. The number of fused-ring (bicyclic) bond motifs is 1. The zero-order valence-corrected chi connectivity index (χ0v) is 12.3. The van der Waals surface area contributed by atoms with Gasteiger partial charge in [-0.05, 0) is 44.1 Å². The van der Waals surface area contributed by atoms with Crippen molar-refractivity contribution in [2.24, 2.45) is 0 Å². The van der Waals surface area contributed by atoms with E-state index in [4.69, 9.17) is 12.2 Å². The molecule has 7 heteroatoms. The summed E-state index contributed by atoms with van der Waals surface area (Å²) >= 11 is 5.17. The molecule has 1 aromatic heterocycles. The summed E-state index contributed by atoms with van der Waals surface area (Å²) in [5.74, 6) is -2.06. The largest absolute Gasteiger partial charge is 0.341 e. The summed E-state index contributed by atoms with van der Waals surface area (Å²) < 4.78 is 29.1. The Morgan fingerprint density at radius 1 is 1.33 bits per heavy atom. The van der Waals surface area contributed by atoms with Crippen LogP contribution in [0.3, 0.4) is 0 Å². The van der Waals surface area contributed by atoms with Crippen molar-refractivity contribution in [3.63, 3.8) is 0 Å². The van der Waals surface area contributed by atoms with E-state index in [1.807, 2.05) is 0 Å². The van der Waals surface area contributed by atoms with Crippen LogP contribution in [0.2, 0.25) is 0 Å². The van der Waals surface area contributed by atoms with Crippen LogP contribution in [0.25, 0.3) is 11.0 Å². The van der Waals surface area contributed by atoms with E-state index >= 15 is 0 Å². The molecule has 2 heterocycles. The second-order valence-electron chi connectivity index (χ2n) is 5.27. The van der Waals surface area contributed by atoms with Gasteiger partial charge in [0.2, 0.25) is 5.91 Å². The number of halogens is 2. The summed E-state index contributed by atoms with van der Waals surface area (Å²) in [4.78, 5) is 17.0. The molecule has 1 atom stereocenters. The number of imidazole rings is 1. The fourth-order valence-corrected chi connectivity index (χ4v) is 3.19. The van der Waals surface area contributed by atoms with Gasteiger partial charge in [-0.15, -0.1) is 0 Å². The van der Waals surface area contributed by atoms with Crippen LogP contribution in [0.1, 0.15) is 25.8 Å². The summed E-state index contributed by atoms with van der Waals surface area (Å²) in [5.41, 5.74) is 0.403. The number of amides is 1. The smallest absolute Gasteiger partial charge is 0.245 e. The molecule has 1 aliphatic heterocycles. The maximum absolute atomic E-state index is 14.1. The molecule has 112 valence electrons. The number of hydrogen-bond acceptors (Lipinski definition) is 2. The van der Waals surface area contributed by atoms with Crippen molar-refractivity contribution in [3.05, 3.63) is 28.5 Å². The zero-order valence-electron chi connectivity index (χ0n) is 11.5. The van der Waals surface area contributed by atoms with Crippen molar-refractivity contribution in [3.8, 4) is 0 Å². The van der Waals surface area contributed by atoms with E-state index in [9.17, 15) is 13.6 Å². The van der Waals surface area contributed by atoms with Crippen molar-refractivity contribution in [2.45, 2.75) is 25.8 Å². The third-order valence-corrected chi connectivity index (χ3v) is 4.23. The van der Waals surface area contributed by atoms with E-state index in [2.05, 4.69) is 4.98 Å². The fraction of sp³-hybridized carbons (Fsp3) is 0.429. The zero-order chi connectivity index (χ0) is 15.1. The van der Waals surface area contributed by atoms with Crippen LogP contribution in [-0.2, 0) is 4.79 Å². The molecule has 2 aromatic rings. The average molecular weight is 311 g/mol. The molecule has 3 rings (SSSR count). The van der Waals surface area contributed by atoms with Crippen LogP contribution in [0.5, 0.6) is 0 Å². The molecule has 1 amide bonds. The first-order valence-electron chi connectivity index (χ1n) is 6.87. The molecule has 1 saturated heterocycles. The molecule has 0 spiro atoms. The number of carbonyl (C=O) groups excluding carboxylic acids is 1. The van der Waals surface area contributed by atoms with Gasteiger partial charge in [0.25, 0.3) is 0 Å². The Balaban J connectivity index is 2.11. The van der Waals surface area contributed by atoms with E-state index < -0.39 is 17.7 Å². The first kappa shape index (κ1) is 14.2. The molecule has 1 fully saturated rings. The Bertz CT molecular complexity index is 761. The molecule has 0 saturated carbocycles. The number of aromatic amines is 1. The summed E-state index contributed by atoms with van der Waals surface area (Å²) in [7, 11) is 0. The molecule has 0 aliphatic carbocycles. The Kier molecular flexibility index (Phi) is 3.52. The van der Waals surface area contributed by atoms with Crippen LogP contribution in [0.4, 0.5) is 8.78 Å². The van der Waals surface area contributed by atoms with E-state index in [1.54, 1.807) is 11.8 Å². The average Bonchev–Trinajstić information content (AvgIpc) is 3.09. The van der Waals surface area contributed by atoms with Crippen LogP contribution < -0.4 is 0 Å². The van der Waals surface area contributed by atoms with Crippen LogP contribution in [0.15, 0.2) is 12.1 Å². The summed E-state index contributed by atoms with van der Waals surface area (Å²) in [6, 6.07) is 1.80. The minimum absolute atomic E-state index is 0.0139. The number of H-pyrrole nitrogens is 1.